The number of carbonyl (C=O) groups excluding carboxylic acids is 1. The molecule has 1 saturated heterocycles. The zero-order chi connectivity index (χ0) is 24.1. The van der Waals surface area contributed by atoms with Crippen molar-refractivity contribution in [1.29, 1.82) is 0 Å². The van der Waals surface area contributed by atoms with Gasteiger partial charge in [-0.05, 0) is 75.1 Å². The lowest BCUT2D eigenvalue weighted by molar-refractivity contribution is -0.114. The average Bonchev–Trinajstić information content (AvgIpc) is 3.34. The van der Waals surface area contributed by atoms with E-state index in [4.69, 9.17) is 15.2 Å². The van der Waals surface area contributed by atoms with Crippen LogP contribution >= 0.6 is 0 Å². The molecule has 2 aliphatic rings. The Balaban J connectivity index is 1.46. The highest BCUT2D eigenvalue weighted by molar-refractivity contribution is 5.93. The molecule has 2 aliphatic heterocycles. The van der Waals surface area contributed by atoms with Crippen molar-refractivity contribution in [1.82, 2.24) is 14.4 Å². The van der Waals surface area contributed by atoms with Gasteiger partial charge < -0.3 is 24.7 Å². The lowest BCUT2D eigenvalue weighted by Crippen LogP contribution is -2.44. The molecule has 7 heteroatoms. The van der Waals surface area contributed by atoms with Gasteiger partial charge in [0, 0.05) is 56.4 Å². The summed E-state index contributed by atoms with van der Waals surface area (Å²) in [5, 5.41) is 0. The fourth-order valence-electron chi connectivity index (χ4n) is 4.91. The van der Waals surface area contributed by atoms with E-state index in [1.807, 2.05) is 55.9 Å². The molecular formula is C27H36N4O3. The van der Waals surface area contributed by atoms with Gasteiger partial charge in [0.2, 0.25) is 5.91 Å². The first-order valence-electron chi connectivity index (χ1n) is 12.2. The highest BCUT2D eigenvalue weighted by Crippen LogP contribution is 2.35. The van der Waals surface area contributed by atoms with Gasteiger partial charge in [-0.25, -0.2) is 0 Å². The van der Waals surface area contributed by atoms with E-state index in [-0.39, 0.29) is 5.91 Å². The van der Waals surface area contributed by atoms with Crippen molar-refractivity contribution in [3.63, 3.8) is 0 Å². The number of nitrogens with two attached hydrogens (primary N) is 1. The number of primary amides is 1. The number of hydrogen-bond donors (Lipinski definition) is 1. The molecule has 0 spiro atoms. The number of nitrogens with zero attached hydrogens (tertiary/aromatic N) is 3. The van der Waals surface area contributed by atoms with Crippen LogP contribution < -0.4 is 15.2 Å². The third-order valence-corrected chi connectivity index (χ3v) is 6.44. The van der Waals surface area contributed by atoms with Crippen LogP contribution in [0.15, 0.2) is 60.1 Å². The second-order valence-electron chi connectivity index (χ2n) is 8.98. The standard InChI is InChI=1S/C27H36N4O3/c1-4-33-24-15-21(16-25(34-5-2)26(24)30-10-6-7-11-30)18-29-12-8-23(9-13-29)31-17-20(3)14-22(19-31)27(28)32/h6-7,10-11,14-17,23H,4-5,8-9,12-13,18-19H2,1-3H3,(H2,28,32). The second kappa shape index (κ2) is 10.8. The fraction of sp³-hybridized carbons (Fsp3) is 0.444. The third-order valence-electron chi connectivity index (χ3n) is 6.44. The molecule has 2 N–H and O–H groups in total. The number of benzene rings is 1. The molecule has 1 aromatic heterocycles. The largest absolute Gasteiger partial charge is 0.492 e. The number of ether oxygens (including phenoxy) is 2. The molecule has 4 rings (SSSR count). The van der Waals surface area contributed by atoms with Gasteiger partial charge >= 0.3 is 0 Å². The topological polar surface area (TPSA) is 73.0 Å². The van der Waals surface area contributed by atoms with E-state index in [9.17, 15) is 4.79 Å². The minimum Gasteiger partial charge on any atom is -0.492 e. The van der Waals surface area contributed by atoms with E-state index in [1.165, 1.54) is 5.56 Å². The SMILES string of the molecule is CCOc1cc(CN2CCC(N3C=C(C)C=C(C(N)=O)C3)CC2)cc(OCC)c1-n1cccc1. The lowest BCUT2D eigenvalue weighted by atomic mass is 9.99. The minimum atomic E-state index is -0.326. The fourth-order valence-corrected chi connectivity index (χ4v) is 4.91. The summed E-state index contributed by atoms with van der Waals surface area (Å²) >= 11 is 0. The molecule has 7 nitrogen and oxygen atoms in total. The Morgan fingerprint density at radius 2 is 1.68 bits per heavy atom. The normalized spacial score (nSPS) is 17.3. The van der Waals surface area contributed by atoms with Crippen LogP contribution in [0.1, 0.15) is 39.2 Å². The van der Waals surface area contributed by atoms with Crippen molar-refractivity contribution in [3.8, 4) is 17.2 Å². The van der Waals surface area contributed by atoms with Gasteiger partial charge in [-0.15, -0.1) is 0 Å². The Morgan fingerprint density at radius 3 is 2.24 bits per heavy atom. The van der Waals surface area contributed by atoms with E-state index in [1.54, 1.807) is 0 Å². The Hall–Kier alpha value is -3.19. The maximum absolute atomic E-state index is 11.7. The third kappa shape index (κ3) is 5.47. The number of likely N-dealkylation sites (tertiary alicyclic amines) is 1. The summed E-state index contributed by atoms with van der Waals surface area (Å²) in [4.78, 5) is 16.5. The molecule has 2 aromatic rings. The van der Waals surface area contributed by atoms with Crippen LogP contribution in [-0.2, 0) is 11.3 Å². The Bertz CT molecular complexity index is 1020. The second-order valence-corrected chi connectivity index (χ2v) is 8.98. The van der Waals surface area contributed by atoms with Crippen molar-refractivity contribution in [2.45, 2.75) is 46.2 Å². The quantitative estimate of drug-likeness (QED) is 0.610. The molecule has 1 aromatic carbocycles. The maximum Gasteiger partial charge on any atom is 0.246 e. The molecule has 3 heterocycles. The smallest absolute Gasteiger partial charge is 0.246 e. The Kier molecular flexibility index (Phi) is 7.63. The number of piperidine rings is 1. The Labute approximate surface area is 202 Å². The molecule has 1 fully saturated rings. The van der Waals surface area contributed by atoms with E-state index >= 15 is 0 Å². The van der Waals surface area contributed by atoms with E-state index < -0.39 is 0 Å². The molecule has 0 aliphatic carbocycles. The zero-order valence-corrected chi connectivity index (χ0v) is 20.5. The van der Waals surface area contributed by atoms with Crippen molar-refractivity contribution >= 4 is 5.91 Å². The van der Waals surface area contributed by atoms with Gasteiger partial charge in [0.15, 0.2) is 0 Å². The number of hydrogen-bond acceptors (Lipinski definition) is 5. The molecule has 0 saturated carbocycles. The van der Waals surface area contributed by atoms with Gasteiger partial charge in [-0.3, -0.25) is 9.69 Å². The van der Waals surface area contributed by atoms with Crippen molar-refractivity contribution in [3.05, 3.63) is 65.6 Å². The highest BCUT2D eigenvalue weighted by Gasteiger charge is 2.26. The van der Waals surface area contributed by atoms with Crippen LogP contribution in [0.5, 0.6) is 11.5 Å². The van der Waals surface area contributed by atoms with Crippen LogP contribution in [0.3, 0.4) is 0 Å². The van der Waals surface area contributed by atoms with Gasteiger partial charge in [-0.1, -0.05) is 0 Å². The van der Waals surface area contributed by atoms with Gasteiger partial charge in [0.25, 0.3) is 0 Å². The summed E-state index contributed by atoms with van der Waals surface area (Å²) < 4.78 is 14.1. The van der Waals surface area contributed by atoms with Crippen LogP contribution in [0.2, 0.25) is 0 Å². The molecule has 0 radical (unpaired) electrons. The van der Waals surface area contributed by atoms with Crippen molar-refractivity contribution in [2.75, 3.05) is 32.8 Å². The highest BCUT2D eigenvalue weighted by atomic mass is 16.5. The zero-order valence-electron chi connectivity index (χ0n) is 20.5. The molecular weight excluding hydrogens is 428 g/mol. The number of rotatable bonds is 9. The van der Waals surface area contributed by atoms with E-state index in [2.05, 4.69) is 28.1 Å². The molecule has 0 bridgehead atoms. The first kappa shape index (κ1) is 24.0. The molecule has 0 unspecified atom stereocenters. The van der Waals surface area contributed by atoms with Crippen LogP contribution in [0.25, 0.3) is 5.69 Å². The summed E-state index contributed by atoms with van der Waals surface area (Å²) in [5.74, 6) is 1.36. The summed E-state index contributed by atoms with van der Waals surface area (Å²) in [6.45, 7) is 10.7. The predicted molar refractivity (Wildman–Crippen MR) is 134 cm³/mol. The van der Waals surface area contributed by atoms with E-state index in [0.717, 1.165) is 55.2 Å². The van der Waals surface area contributed by atoms with Crippen LogP contribution in [-0.4, -0.2) is 59.2 Å². The molecule has 1 amide bonds. The Morgan fingerprint density at radius 1 is 1.06 bits per heavy atom. The molecule has 0 atom stereocenters. The summed E-state index contributed by atoms with van der Waals surface area (Å²) in [6, 6.07) is 8.72. The number of allylic oxidation sites excluding steroid dienone is 2. The number of carbonyl (C=O) groups is 1. The lowest BCUT2D eigenvalue weighted by Gasteiger charge is -2.39. The monoisotopic (exact) mass is 464 g/mol. The average molecular weight is 465 g/mol. The first-order chi connectivity index (χ1) is 16.5. The van der Waals surface area contributed by atoms with Crippen molar-refractivity contribution in [2.24, 2.45) is 5.73 Å². The van der Waals surface area contributed by atoms with Gasteiger partial charge in [-0.2, -0.15) is 0 Å². The van der Waals surface area contributed by atoms with Gasteiger partial charge in [0.1, 0.15) is 17.2 Å². The predicted octanol–water partition coefficient (Wildman–Crippen LogP) is 3.87. The van der Waals surface area contributed by atoms with Crippen LogP contribution in [0, 0.1) is 0 Å². The number of aromatic nitrogens is 1. The maximum atomic E-state index is 11.7. The summed E-state index contributed by atoms with van der Waals surface area (Å²) in [5.41, 5.74) is 9.45. The first-order valence-corrected chi connectivity index (χ1v) is 12.2. The molecule has 182 valence electrons. The van der Waals surface area contributed by atoms with Crippen LogP contribution in [0.4, 0.5) is 0 Å². The van der Waals surface area contributed by atoms with Gasteiger partial charge in [0.05, 0.1) is 13.2 Å². The van der Waals surface area contributed by atoms with Crippen molar-refractivity contribution < 1.29 is 14.3 Å². The summed E-state index contributed by atoms with van der Waals surface area (Å²) in [7, 11) is 0. The molecule has 34 heavy (non-hydrogen) atoms. The van der Waals surface area contributed by atoms with E-state index in [0.29, 0.717) is 31.4 Å². The minimum absolute atomic E-state index is 0.326. The summed E-state index contributed by atoms with van der Waals surface area (Å²) in [6.07, 6.45) is 10.2. The number of amides is 1.